The molecule has 0 aliphatic carbocycles. The maximum Gasteiger partial charge on any atom is 0.283 e. The molecule has 0 fully saturated rings. The number of hydrazone groups is 1. The third kappa shape index (κ3) is 4.38. The standard InChI is InChI=1S/C27H16Cl3N5OS/c28-17-10-9-15(22(30)12-17)13-34-14-16(18-5-2-4-8-23(18)34)11-20-24(31)35-27(32-25(20)36)37-26(33-35)19-6-1-3-7-21(19)29/h1-12,14,31H,13H2/b20-11-,31-24?. The van der Waals surface area contributed by atoms with Gasteiger partial charge < -0.3 is 4.57 Å². The monoisotopic (exact) mass is 563 g/mol. The van der Waals surface area contributed by atoms with E-state index < -0.39 is 5.91 Å². The molecular formula is C27H16Cl3N5OS. The van der Waals surface area contributed by atoms with Crippen LogP contribution in [-0.2, 0) is 11.3 Å². The van der Waals surface area contributed by atoms with Gasteiger partial charge in [-0.15, -0.1) is 0 Å². The van der Waals surface area contributed by atoms with Crippen LogP contribution in [0.3, 0.4) is 0 Å². The van der Waals surface area contributed by atoms with E-state index in [-0.39, 0.29) is 11.4 Å². The molecule has 0 bridgehead atoms. The van der Waals surface area contributed by atoms with Crippen LogP contribution in [-0.4, -0.2) is 31.5 Å². The molecule has 10 heteroatoms. The van der Waals surface area contributed by atoms with Gasteiger partial charge in [-0.2, -0.15) is 15.1 Å². The molecule has 37 heavy (non-hydrogen) atoms. The first kappa shape index (κ1) is 24.0. The first-order valence-corrected chi connectivity index (χ1v) is 13.1. The minimum Gasteiger partial charge on any atom is -0.342 e. The minimum absolute atomic E-state index is 0.0397. The zero-order valence-electron chi connectivity index (χ0n) is 19.0. The summed E-state index contributed by atoms with van der Waals surface area (Å²) in [5.74, 6) is -0.529. The summed E-state index contributed by atoms with van der Waals surface area (Å²) in [6, 6.07) is 20.6. The summed E-state index contributed by atoms with van der Waals surface area (Å²) in [7, 11) is 0. The number of fused-ring (bicyclic) bond motifs is 2. The van der Waals surface area contributed by atoms with Gasteiger partial charge in [0.05, 0.1) is 10.6 Å². The number of rotatable bonds is 4. The normalized spacial score (nSPS) is 16.4. The Hall–Kier alpha value is -3.36. The number of nitrogens with zero attached hydrogens (tertiary/aromatic N) is 4. The SMILES string of the molecule is N=C1/C(=C/c2cn(Cc3ccc(Cl)cc3Cl)c3ccccc23)C(=O)N=C2SC(c3ccccc3Cl)=NN12. The highest BCUT2D eigenvalue weighted by Gasteiger charge is 2.36. The molecule has 0 saturated heterocycles. The highest BCUT2D eigenvalue weighted by atomic mass is 35.5. The van der Waals surface area contributed by atoms with Gasteiger partial charge in [0.1, 0.15) is 5.04 Å². The third-order valence-electron chi connectivity index (χ3n) is 6.03. The molecule has 3 heterocycles. The number of halogens is 3. The Kier molecular flexibility index (Phi) is 6.16. The van der Waals surface area contributed by atoms with Crippen molar-refractivity contribution in [1.29, 1.82) is 5.41 Å². The molecule has 0 radical (unpaired) electrons. The number of carbonyl (C=O) groups excluding carboxylic acids is 1. The van der Waals surface area contributed by atoms with Gasteiger partial charge in [-0.25, -0.2) is 0 Å². The maximum atomic E-state index is 13.0. The third-order valence-corrected chi connectivity index (χ3v) is 7.89. The smallest absolute Gasteiger partial charge is 0.283 e. The van der Waals surface area contributed by atoms with Crippen LogP contribution in [0.15, 0.2) is 88.6 Å². The molecule has 0 spiro atoms. The van der Waals surface area contributed by atoms with Crippen LogP contribution in [0.5, 0.6) is 0 Å². The lowest BCUT2D eigenvalue weighted by atomic mass is 10.1. The number of carbonyl (C=O) groups is 1. The zero-order valence-corrected chi connectivity index (χ0v) is 22.0. The van der Waals surface area contributed by atoms with Gasteiger partial charge in [-0.1, -0.05) is 77.3 Å². The van der Waals surface area contributed by atoms with E-state index in [0.29, 0.717) is 31.8 Å². The van der Waals surface area contributed by atoms with E-state index in [1.807, 2.05) is 54.7 Å². The van der Waals surface area contributed by atoms with Crippen LogP contribution in [0.4, 0.5) is 0 Å². The predicted octanol–water partition coefficient (Wildman–Crippen LogP) is 7.32. The average Bonchev–Trinajstić information content (AvgIpc) is 3.45. The fourth-order valence-electron chi connectivity index (χ4n) is 4.25. The van der Waals surface area contributed by atoms with Crippen LogP contribution in [0, 0.1) is 5.41 Å². The Morgan fingerprint density at radius 3 is 2.57 bits per heavy atom. The summed E-state index contributed by atoms with van der Waals surface area (Å²) in [6.07, 6.45) is 3.64. The van der Waals surface area contributed by atoms with E-state index in [4.69, 9.17) is 40.2 Å². The Bertz CT molecular complexity index is 1720. The first-order chi connectivity index (χ1) is 17.9. The van der Waals surface area contributed by atoms with Crippen molar-refractivity contribution in [2.45, 2.75) is 6.54 Å². The number of nitrogens with one attached hydrogen (secondary N) is 1. The van der Waals surface area contributed by atoms with E-state index >= 15 is 0 Å². The Balaban J connectivity index is 1.38. The zero-order chi connectivity index (χ0) is 25.7. The summed E-state index contributed by atoms with van der Waals surface area (Å²) in [5, 5.41) is 18.2. The van der Waals surface area contributed by atoms with Crippen LogP contribution in [0.2, 0.25) is 15.1 Å². The van der Waals surface area contributed by atoms with Gasteiger partial charge in [-0.05, 0) is 47.7 Å². The summed E-state index contributed by atoms with van der Waals surface area (Å²) >= 11 is 20.0. The van der Waals surface area contributed by atoms with Gasteiger partial charge >= 0.3 is 0 Å². The molecule has 0 saturated carbocycles. The van der Waals surface area contributed by atoms with E-state index in [1.54, 1.807) is 24.3 Å². The lowest BCUT2D eigenvalue weighted by molar-refractivity contribution is -0.114. The topological polar surface area (TPSA) is 73.8 Å². The summed E-state index contributed by atoms with van der Waals surface area (Å²) in [6.45, 7) is 0.516. The van der Waals surface area contributed by atoms with Crippen LogP contribution in [0.25, 0.3) is 17.0 Å². The Morgan fingerprint density at radius 1 is 0.973 bits per heavy atom. The molecule has 6 nitrogen and oxygen atoms in total. The molecule has 2 aliphatic rings. The number of benzene rings is 3. The predicted molar refractivity (Wildman–Crippen MR) is 153 cm³/mol. The Morgan fingerprint density at radius 2 is 1.76 bits per heavy atom. The number of amides is 1. The van der Waals surface area contributed by atoms with Crippen molar-refractivity contribution < 1.29 is 4.79 Å². The number of thioether (sulfide) groups is 1. The summed E-state index contributed by atoms with van der Waals surface area (Å²) in [5.41, 5.74) is 3.55. The molecule has 1 aromatic heterocycles. The van der Waals surface area contributed by atoms with Crippen molar-refractivity contribution in [1.82, 2.24) is 9.58 Å². The number of amidine groups is 2. The number of hydrogen-bond donors (Lipinski definition) is 1. The molecule has 182 valence electrons. The van der Waals surface area contributed by atoms with Gasteiger partial charge in [0.15, 0.2) is 5.84 Å². The second-order valence-corrected chi connectivity index (χ2v) is 10.6. The van der Waals surface area contributed by atoms with E-state index in [0.717, 1.165) is 27.6 Å². The van der Waals surface area contributed by atoms with E-state index in [9.17, 15) is 4.79 Å². The maximum absolute atomic E-state index is 13.0. The second kappa shape index (κ2) is 9.50. The van der Waals surface area contributed by atoms with Crippen molar-refractivity contribution in [2.75, 3.05) is 0 Å². The largest absolute Gasteiger partial charge is 0.342 e. The van der Waals surface area contributed by atoms with Crippen molar-refractivity contribution in [3.05, 3.63) is 110 Å². The number of para-hydroxylation sites is 1. The van der Waals surface area contributed by atoms with Gasteiger partial charge in [0, 0.05) is 44.8 Å². The first-order valence-electron chi connectivity index (χ1n) is 11.2. The van der Waals surface area contributed by atoms with E-state index in [2.05, 4.69) is 14.7 Å². The fraction of sp³-hybridized carbons (Fsp3) is 0.0370. The number of hydrogen-bond acceptors (Lipinski definition) is 4. The molecule has 6 rings (SSSR count). The summed E-state index contributed by atoms with van der Waals surface area (Å²) < 4.78 is 2.06. The van der Waals surface area contributed by atoms with Crippen molar-refractivity contribution in [3.63, 3.8) is 0 Å². The van der Waals surface area contributed by atoms with Gasteiger partial charge in [-0.3, -0.25) is 10.2 Å². The van der Waals surface area contributed by atoms with Crippen molar-refractivity contribution in [2.24, 2.45) is 10.1 Å². The van der Waals surface area contributed by atoms with Gasteiger partial charge in [0.25, 0.3) is 5.91 Å². The lowest BCUT2D eigenvalue weighted by Crippen LogP contribution is -2.35. The lowest BCUT2D eigenvalue weighted by Gasteiger charge is -2.20. The highest BCUT2D eigenvalue weighted by molar-refractivity contribution is 8.27. The van der Waals surface area contributed by atoms with Crippen molar-refractivity contribution >= 4 is 85.5 Å². The molecule has 2 aliphatic heterocycles. The quantitative estimate of drug-likeness (QED) is 0.264. The molecule has 4 aromatic rings. The molecule has 0 atom stereocenters. The molecule has 1 N–H and O–H groups in total. The second-order valence-electron chi connectivity index (χ2n) is 8.37. The molecule has 3 aromatic carbocycles. The minimum atomic E-state index is -0.489. The summed E-state index contributed by atoms with van der Waals surface area (Å²) in [4.78, 5) is 17.2. The van der Waals surface area contributed by atoms with Crippen LogP contribution >= 0.6 is 46.6 Å². The molecule has 1 amide bonds. The fourth-order valence-corrected chi connectivity index (χ4v) is 5.93. The van der Waals surface area contributed by atoms with Gasteiger partial charge in [0.2, 0.25) is 5.17 Å². The molecular weight excluding hydrogens is 549 g/mol. The number of aliphatic imine (C=N–C) groups is 1. The van der Waals surface area contributed by atoms with Crippen molar-refractivity contribution in [3.8, 4) is 0 Å². The van der Waals surface area contributed by atoms with Crippen LogP contribution in [0.1, 0.15) is 16.7 Å². The highest BCUT2D eigenvalue weighted by Crippen LogP contribution is 2.34. The average molecular weight is 565 g/mol. The van der Waals surface area contributed by atoms with Crippen LogP contribution < -0.4 is 0 Å². The van der Waals surface area contributed by atoms with E-state index in [1.165, 1.54) is 16.8 Å². The Labute approximate surface area is 231 Å². The number of aromatic nitrogens is 1. The molecule has 0 unspecified atom stereocenters.